The maximum absolute atomic E-state index is 14.2. The highest BCUT2D eigenvalue weighted by atomic mass is 32.2. The van der Waals surface area contributed by atoms with Gasteiger partial charge < -0.3 is 19.3 Å². The smallest absolute Gasteiger partial charge is 0.200 e. The Hall–Kier alpha value is -6.62. The Morgan fingerprint density at radius 2 is 1.15 bits per heavy atom. The Morgan fingerprint density at radius 1 is 0.633 bits per heavy atom. The molecular weight excluding hydrogens is 833 g/mol. The lowest BCUT2D eigenvalue weighted by Crippen LogP contribution is -2.14. The number of hydrogen-bond donors (Lipinski definition) is 2. The van der Waals surface area contributed by atoms with Crippen LogP contribution in [0.1, 0.15) is 11.1 Å². The Kier molecular flexibility index (Phi) is 12.8. The first kappa shape index (κ1) is 41.5. The Bertz CT molecular complexity index is 2820. The summed E-state index contributed by atoms with van der Waals surface area (Å²) < 4.78 is 93.5. The highest BCUT2D eigenvalue weighted by Gasteiger charge is 2.25. The molecule has 0 radical (unpaired) electrons. The predicted molar refractivity (Wildman–Crippen MR) is 205 cm³/mol. The fourth-order valence-electron chi connectivity index (χ4n) is 5.60. The molecule has 308 valence electrons. The number of halogens is 4. The maximum Gasteiger partial charge on any atom is 0.200 e. The Labute approximate surface area is 341 Å². The molecule has 0 aliphatic rings. The molecule has 0 unspecified atom stereocenters. The molecule has 2 aromatic carbocycles. The van der Waals surface area contributed by atoms with Crippen molar-refractivity contribution in [1.29, 1.82) is 0 Å². The summed E-state index contributed by atoms with van der Waals surface area (Å²) in [6.07, 6.45) is 4.56. The number of sulfone groups is 1. The van der Waals surface area contributed by atoms with E-state index < -0.39 is 44.7 Å². The summed E-state index contributed by atoms with van der Waals surface area (Å²) in [4.78, 5) is 15.9. The highest BCUT2D eigenvalue weighted by Crippen LogP contribution is 2.28. The lowest BCUT2D eigenvalue weighted by Gasteiger charge is -2.06. The van der Waals surface area contributed by atoms with E-state index in [1.165, 1.54) is 35.4 Å². The van der Waals surface area contributed by atoms with Crippen molar-refractivity contribution in [3.63, 3.8) is 0 Å². The van der Waals surface area contributed by atoms with E-state index >= 15 is 0 Å². The average molecular weight is 863 g/mol. The topological polar surface area (TPSA) is 214 Å². The van der Waals surface area contributed by atoms with Gasteiger partial charge in [0, 0.05) is 29.0 Å². The lowest BCUT2D eigenvalue weighted by atomic mass is 10.2. The molecule has 0 bridgehead atoms. The number of thioether (sulfide) groups is 1. The third-order valence-electron chi connectivity index (χ3n) is 8.38. The molecule has 60 heavy (non-hydrogen) atoms. The van der Waals surface area contributed by atoms with Gasteiger partial charge in [-0.05, 0) is 24.3 Å². The van der Waals surface area contributed by atoms with E-state index in [4.69, 9.17) is 19.3 Å². The molecule has 0 amide bonds. The minimum atomic E-state index is -4.16. The van der Waals surface area contributed by atoms with Gasteiger partial charge in [0.2, 0.25) is 9.84 Å². The van der Waals surface area contributed by atoms with Crippen LogP contribution in [-0.2, 0) is 22.9 Å². The number of nitrogens with zero attached hydrogens (tertiary/aromatic N) is 10. The Morgan fingerprint density at radius 3 is 1.63 bits per heavy atom. The van der Waals surface area contributed by atoms with Crippen molar-refractivity contribution in [3.05, 3.63) is 132 Å². The molecule has 8 aromatic rings. The fraction of sp³-hybridized carbons (Fsp3) is 0.158. The zero-order valence-corrected chi connectivity index (χ0v) is 32.4. The lowest BCUT2D eigenvalue weighted by molar-refractivity contribution is 0.319. The van der Waals surface area contributed by atoms with E-state index in [0.29, 0.717) is 45.3 Å². The average Bonchev–Trinajstić information content (AvgIpc) is 4.08. The second-order valence-corrected chi connectivity index (χ2v) is 15.5. The molecule has 8 rings (SSSR count). The van der Waals surface area contributed by atoms with Crippen molar-refractivity contribution in [2.45, 2.75) is 23.1 Å². The number of hydrogen-bond acceptors (Lipinski definition) is 15. The van der Waals surface area contributed by atoms with E-state index in [2.05, 4.69) is 40.4 Å². The predicted octanol–water partition coefficient (Wildman–Crippen LogP) is 5.49. The van der Waals surface area contributed by atoms with Crippen LogP contribution in [0.2, 0.25) is 0 Å². The molecule has 0 aliphatic carbocycles. The minimum Gasteiger partial charge on any atom is -0.396 e. The summed E-state index contributed by atoms with van der Waals surface area (Å²) in [5, 5.41) is 33.8. The summed E-state index contributed by atoms with van der Waals surface area (Å²) in [5.74, 6) is -2.82. The van der Waals surface area contributed by atoms with Crippen molar-refractivity contribution in [2.24, 2.45) is 0 Å². The summed E-state index contributed by atoms with van der Waals surface area (Å²) in [6, 6.07) is 19.0. The van der Waals surface area contributed by atoms with Gasteiger partial charge >= 0.3 is 0 Å². The quantitative estimate of drug-likeness (QED) is 0.0786. The largest absolute Gasteiger partial charge is 0.396 e. The zero-order valence-electron chi connectivity index (χ0n) is 30.8. The Balaban J connectivity index is 0.000000182. The van der Waals surface area contributed by atoms with Crippen LogP contribution in [0.15, 0.2) is 117 Å². The SMILES string of the molecule is O=S(=O)(CCO)c1nc(-c2cc(-c3ccon3)n(Cc3ccccc3F)n2)ncc1F.OCCSc1nc(-c2cc(-c3ccon3)n(Cc3ccccc3F)n2)ncc1F. The summed E-state index contributed by atoms with van der Waals surface area (Å²) in [7, 11) is -4.16. The van der Waals surface area contributed by atoms with Gasteiger partial charge in [-0.3, -0.25) is 9.36 Å². The summed E-state index contributed by atoms with van der Waals surface area (Å²) >= 11 is 1.08. The molecular formula is C38H30F4N10O6S2. The van der Waals surface area contributed by atoms with Gasteiger partial charge in [-0.1, -0.05) is 46.7 Å². The summed E-state index contributed by atoms with van der Waals surface area (Å²) in [5.41, 5.74) is 3.22. The van der Waals surface area contributed by atoms with Crippen LogP contribution in [0.25, 0.3) is 45.8 Å². The number of benzene rings is 2. The van der Waals surface area contributed by atoms with Crippen LogP contribution in [0.4, 0.5) is 17.6 Å². The highest BCUT2D eigenvalue weighted by molar-refractivity contribution is 7.99. The number of aliphatic hydroxyl groups is 2. The molecule has 0 spiro atoms. The number of aliphatic hydroxyl groups excluding tert-OH is 2. The molecule has 0 atom stereocenters. The van der Waals surface area contributed by atoms with Crippen molar-refractivity contribution < 1.29 is 45.2 Å². The fourth-order valence-corrected chi connectivity index (χ4v) is 7.23. The molecule has 0 aliphatic heterocycles. The van der Waals surface area contributed by atoms with Crippen molar-refractivity contribution in [2.75, 3.05) is 24.7 Å². The first-order valence-corrected chi connectivity index (χ1v) is 20.3. The zero-order chi connectivity index (χ0) is 42.2. The van der Waals surface area contributed by atoms with E-state index in [9.17, 15) is 26.0 Å². The molecule has 6 aromatic heterocycles. The molecule has 0 saturated heterocycles. The number of aromatic nitrogens is 10. The van der Waals surface area contributed by atoms with Crippen molar-refractivity contribution >= 4 is 21.6 Å². The molecule has 22 heteroatoms. The molecule has 0 saturated carbocycles. The van der Waals surface area contributed by atoms with Crippen LogP contribution in [0.5, 0.6) is 0 Å². The molecule has 16 nitrogen and oxygen atoms in total. The first-order valence-electron chi connectivity index (χ1n) is 17.6. The van der Waals surface area contributed by atoms with E-state index in [1.54, 1.807) is 59.3 Å². The third-order valence-corrected chi connectivity index (χ3v) is 10.9. The third kappa shape index (κ3) is 9.47. The van der Waals surface area contributed by atoms with Crippen LogP contribution >= 0.6 is 11.8 Å². The van der Waals surface area contributed by atoms with Crippen molar-refractivity contribution in [3.8, 4) is 45.8 Å². The van der Waals surface area contributed by atoms with Crippen LogP contribution in [-0.4, -0.2) is 93.2 Å². The van der Waals surface area contributed by atoms with Gasteiger partial charge in [-0.25, -0.2) is 45.9 Å². The number of rotatable bonds is 14. The van der Waals surface area contributed by atoms with Crippen LogP contribution in [0, 0.1) is 23.3 Å². The summed E-state index contributed by atoms with van der Waals surface area (Å²) in [6.45, 7) is -0.598. The van der Waals surface area contributed by atoms with Gasteiger partial charge in [-0.2, -0.15) is 10.2 Å². The molecule has 6 heterocycles. The minimum absolute atomic E-state index is 0.0335. The molecule has 2 N–H and O–H groups in total. The first-order chi connectivity index (χ1) is 29.0. The molecule has 0 fully saturated rings. The second kappa shape index (κ2) is 18.5. The van der Waals surface area contributed by atoms with Gasteiger partial charge in [0.05, 0.1) is 55.8 Å². The van der Waals surface area contributed by atoms with E-state index in [1.807, 2.05) is 0 Å². The second-order valence-electron chi connectivity index (χ2n) is 12.4. The van der Waals surface area contributed by atoms with Gasteiger partial charge in [0.15, 0.2) is 28.3 Å². The van der Waals surface area contributed by atoms with Gasteiger partial charge in [-0.15, -0.1) is 11.8 Å². The van der Waals surface area contributed by atoms with Crippen LogP contribution in [0.3, 0.4) is 0 Å². The van der Waals surface area contributed by atoms with E-state index in [-0.39, 0.29) is 47.9 Å². The standard InChI is InChI=1S/C19H15F2N5O4S.C19H15F2N5O2S/c20-13-4-2-1-3-12(13)11-26-17(15-5-7-30-25-15)9-16(24-26)18-22-10-14(21)19(23-18)31(28,29)8-6-27;20-13-4-2-1-3-12(13)11-26-17(15-5-7-28-25-15)9-16(24-26)18-22-10-14(21)19(23-18)29-8-6-27/h1-5,7,9-10,27H,6,8,11H2;1-5,7,9-10,27H,6,8,11H2. The maximum atomic E-state index is 14.2. The normalized spacial score (nSPS) is 11.4. The van der Waals surface area contributed by atoms with Crippen molar-refractivity contribution in [1.82, 2.24) is 49.8 Å². The van der Waals surface area contributed by atoms with Gasteiger partial charge in [0.1, 0.15) is 52.0 Å². The monoisotopic (exact) mass is 862 g/mol. The van der Waals surface area contributed by atoms with E-state index in [0.717, 1.165) is 24.2 Å². The van der Waals surface area contributed by atoms with Crippen LogP contribution < -0.4 is 0 Å². The van der Waals surface area contributed by atoms with Gasteiger partial charge in [0.25, 0.3) is 0 Å².